The lowest BCUT2D eigenvalue weighted by Crippen LogP contribution is -2.13. The van der Waals surface area contributed by atoms with Crippen LogP contribution in [0.15, 0.2) is 267 Å². The molecule has 0 spiro atoms. The van der Waals surface area contributed by atoms with E-state index in [4.69, 9.17) is 0 Å². The van der Waals surface area contributed by atoms with Gasteiger partial charge in [-0.1, -0.05) is 170 Å². The molecule has 382 valence electrons. The van der Waals surface area contributed by atoms with E-state index in [9.17, 15) is 0 Å². The highest BCUT2D eigenvalue weighted by Crippen LogP contribution is 2.48. The summed E-state index contributed by atoms with van der Waals surface area (Å²) in [5, 5.41) is 5.25. The summed E-state index contributed by atoms with van der Waals surface area (Å²) in [6.07, 6.45) is 0. The second kappa shape index (κ2) is 20.5. The van der Waals surface area contributed by atoms with Gasteiger partial charge in [0.25, 0.3) is 0 Å². The van der Waals surface area contributed by atoms with E-state index in [1.165, 1.54) is 118 Å². The van der Waals surface area contributed by atoms with Crippen LogP contribution >= 0.6 is 22.7 Å². The monoisotopic (exact) mass is 1060 g/mol. The zero-order chi connectivity index (χ0) is 53.8. The van der Waals surface area contributed by atoms with E-state index in [0.717, 1.165) is 34.1 Å². The number of nitrogens with zero attached hydrogens (tertiary/aromatic N) is 2. The summed E-state index contributed by atoms with van der Waals surface area (Å²) in [6.45, 7) is 9.15. The molecule has 0 unspecified atom stereocenters. The Morgan fingerprint density at radius 3 is 0.963 bits per heavy atom. The Kier molecular flexibility index (Phi) is 12.5. The number of fused-ring (bicyclic) bond motifs is 6. The van der Waals surface area contributed by atoms with Crippen molar-refractivity contribution in [3.63, 3.8) is 0 Å². The number of benzene rings is 12. The molecule has 0 saturated carbocycles. The second-order valence-electron chi connectivity index (χ2n) is 21.1. The maximum absolute atomic E-state index is 2.45. The number of anilines is 6. The number of hydrogen-bond donors (Lipinski definition) is 0. The fourth-order valence-electron chi connectivity index (χ4n) is 12.3. The minimum Gasteiger partial charge on any atom is -0.310 e. The van der Waals surface area contributed by atoms with Gasteiger partial charge in [-0.25, -0.2) is 0 Å². The lowest BCUT2D eigenvalue weighted by Gasteiger charge is -2.31. The lowest BCUT2D eigenvalue weighted by molar-refractivity contribution is 1.23. The van der Waals surface area contributed by atoms with Gasteiger partial charge in [-0.05, 0) is 192 Å². The maximum Gasteiger partial charge on any atom is 0.0540 e. The fraction of sp³-hybridized carbons (Fsp3) is 0.0526. The van der Waals surface area contributed by atoms with Gasteiger partial charge in [-0.2, -0.15) is 0 Å². The molecule has 0 amide bonds. The Hall–Kier alpha value is -9.32. The molecular weight excluding hydrogens is 1000 g/mol. The summed E-state index contributed by atoms with van der Waals surface area (Å²) >= 11 is 3.72. The van der Waals surface area contributed by atoms with Gasteiger partial charge in [0.1, 0.15) is 0 Å². The molecule has 0 fully saturated rings. The fourth-order valence-corrected chi connectivity index (χ4v) is 14.4. The summed E-state index contributed by atoms with van der Waals surface area (Å²) in [4.78, 5) is 4.90. The molecule has 0 atom stereocenters. The van der Waals surface area contributed by atoms with E-state index in [1.54, 1.807) is 0 Å². The van der Waals surface area contributed by atoms with Crippen LogP contribution in [-0.2, 0) is 0 Å². The summed E-state index contributed by atoms with van der Waals surface area (Å²) in [5.41, 5.74) is 23.7. The van der Waals surface area contributed by atoms with Crippen molar-refractivity contribution < 1.29 is 0 Å². The van der Waals surface area contributed by atoms with Crippen LogP contribution in [0.4, 0.5) is 34.1 Å². The quantitative estimate of drug-likeness (QED) is 0.127. The Balaban J connectivity index is 0.857. The number of aryl methyl sites for hydroxylation is 4. The Bertz CT molecular complexity index is 4280. The first-order valence-electron chi connectivity index (χ1n) is 27.5. The average Bonchev–Trinajstić information content (AvgIpc) is 4.18. The van der Waals surface area contributed by atoms with Crippen LogP contribution in [0, 0.1) is 27.7 Å². The summed E-state index contributed by atoms with van der Waals surface area (Å²) in [7, 11) is 0. The van der Waals surface area contributed by atoms with Crippen LogP contribution < -0.4 is 9.80 Å². The minimum absolute atomic E-state index is 1.10. The van der Waals surface area contributed by atoms with Gasteiger partial charge in [0.15, 0.2) is 0 Å². The highest BCUT2D eigenvalue weighted by Gasteiger charge is 2.24. The van der Waals surface area contributed by atoms with Crippen LogP contribution in [0.1, 0.15) is 22.3 Å². The smallest absolute Gasteiger partial charge is 0.0540 e. The van der Waals surface area contributed by atoms with Crippen molar-refractivity contribution in [2.45, 2.75) is 27.7 Å². The molecule has 0 aliphatic carbocycles. The first-order chi connectivity index (χ1) is 39.3. The molecule has 0 aliphatic rings. The van der Waals surface area contributed by atoms with Crippen LogP contribution in [-0.4, -0.2) is 0 Å². The van der Waals surface area contributed by atoms with E-state index in [2.05, 4.69) is 304 Å². The van der Waals surface area contributed by atoms with Gasteiger partial charge >= 0.3 is 0 Å². The molecule has 0 bridgehead atoms. The molecule has 0 saturated heterocycles. The molecule has 4 heteroatoms. The SMILES string of the molecule is Cc1cc(N(c2ccc(-c3ccc4sc5ccccc5c4c3)cc2)c2ccccc2-c2ccccc2)cc(C)c1-c1c(C)cc(N(c2ccc(-c3ccc4sc5ccccc5c4c3)cc2)c2ccccc2-c2ccccc2)cc1C. The third-order valence-electron chi connectivity index (χ3n) is 15.9. The van der Waals surface area contributed by atoms with Crippen molar-refractivity contribution in [1.82, 2.24) is 0 Å². The van der Waals surface area contributed by atoms with Gasteiger partial charge < -0.3 is 9.80 Å². The van der Waals surface area contributed by atoms with E-state index < -0.39 is 0 Å². The van der Waals surface area contributed by atoms with Crippen LogP contribution in [0.25, 0.3) is 96.0 Å². The molecule has 0 radical (unpaired) electrons. The highest BCUT2D eigenvalue weighted by molar-refractivity contribution is 7.26. The Labute approximate surface area is 476 Å². The molecule has 80 heavy (non-hydrogen) atoms. The number of rotatable bonds is 11. The third kappa shape index (κ3) is 8.84. The van der Waals surface area contributed by atoms with Crippen molar-refractivity contribution >= 4 is 97.1 Å². The molecule has 14 rings (SSSR count). The predicted molar refractivity (Wildman–Crippen MR) is 348 cm³/mol. The number of thiophene rings is 2. The first kappa shape index (κ1) is 49.0. The van der Waals surface area contributed by atoms with Gasteiger partial charge in [0, 0.05) is 74.2 Å². The average molecular weight is 1060 g/mol. The predicted octanol–water partition coefficient (Wildman–Crippen LogP) is 22.9. The standard InChI is InChI=1S/C76H56N2S2/c1-49-43-61(77(69-27-15-11-23-63(69)55-19-7-5-8-20-55)59-37-31-53(32-38-59)57-35-41-73-67(47-57)65-25-13-17-29-71(65)79-73)44-50(2)75(49)76-51(3)45-62(46-52(76)4)78(70-28-16-12-24-64(70)56-21-9-6-10-22-56)60-39-33-54(34-40-60)58-36-42-74-68(48-58)66-26-14-18-30-72(66)80-74/h5-48H,1-4H3. The number of hydrogen-bond acceptors (Lipinski definition) is 4. The van der Waals surface area contributed by atoms with Crippen LogP contribution in [0.3, 0.4) is 0 Å². The van der Waals surface area contributed by atoms with Gasteiger partial charge in [-0.3, -0.25) is 0 Å². The molecule has 2 nitrogen and oxygen atoms in total. The summed E-state index contributed by atoms with van der Waals surface area (Å²) in [6, 6.07) is 98.4. The minimum atomic E-state index is 1.10. The first-order valence-corrected chi connectivity index (χ1v) is 29.1. The van der Waals surface area contributed by atoms with Crippen molar-refractivity contribution in [3.05, 3.63) is 289 Å². The van der Waals surface area contributed by atoms with Gasteiger partial charge in [0.05, 0.1) is 11.4 Å². The van der Waals surface area contributed by atoms with E-state index >= 15 is 0 Å². The molecule has 2 aromatic heterocycles. The van der Waals surface area contributed by atoms with Gasteiger partial charge in [-0.15, -0.1) is 22.7 Å². The van der Waals surface area contributed by atoms with Gasteiger partial charge in [0.2, 0.25) is 0 Å². The molecule has 14 aromatic rings. The molecule has 0 aliphatic heterocycles. The third-order valence-corrected chi connectivity index (χ3v) is 18.2. The summed E-state index contributed by atoms with van der Waals surface area (Å²) in [5.74, 6) is 0. The number of para-hydroxylation sites is 2. The van der Waals surface area contributed by atoms with Crippen LogP contribution in [0.2, 0.25) is 0 Å². The summed E-state index contributed by atoms with van der Waals surface area (Å²) < 4.78 is 5.28. The highest BCUT2D eigenvalue weighted by atomic mass is 32.1. The molecule has 2 heterocycles. The normalized spacial score (nSPS) is 11.5. The van der Waals surface area contributed by atoms with Crippen molar-refractivity contribution in [1.29, 1.82) is 0 Å². The van der Waals surface area contributed by atoms with E-state index in [1.807, 2.05) is 22.7 Å². The van der Waals surface area contributed by atoms with E-state index in [-0.39, 0.29) is 0 Å². The molecule has 12 aromatic carbocycles. The van der Waals surface area contributed by atoms with Crippen molar-refractivity contribution in [2.75, 3.05) is 9.80 Å². The van der Waals surface area contributed by atoms with E-state index in [0.29, 0.717) is 0 Å². The zero-order valence-electron chi connectivity index (χ0n) is 45.1. The van der Waals surface area contributed by atoms with Crippen LogP contribution in [0.5, 0.6) is 0 Å². The molecule has 0 N–H and O–H groups in total. The molecular formula is C76H56N2S2. The maximum atomic E-state index is 2.45. The topological polar surface area (TPSA) is 6.48 Å². The lowest BCUT2D eigenvalue weighted by atomic mass is 9.88. The van der Waals surface area contributed by atoms with Crippen molar-refractivity contribution in [3.8, 4) is 55.6 Å². The largest absolute Gasteiger partial charge is 0.310 e. The second-order valence-corrected chi connectivity index (χ2v) is 23.2. The Morgan fingerprint density at radius 2 is 0.562 bits per heavy atom. The zero-order valence-corrected chi connectivity index (χ0v) is 46.7. The van der Waals surface area contributed by atoms with Crippen molar-refractivity contribution in [2.24, 2.45) is 0 Å². The Morgan fingerprint density at radius 1 is 0.237 bits per heavy atom.